The molecule has 1 nitrogen and oxygen atoms in total. The van der Waals surface area contributed by atoms with Gasteiger partial charge in [-0.05, 0) is 37.8 Å². The lowest BCUT2D eigenvalue weighted by Gasteiger charge is -2.22. The molecule has 0 unspecified atom stereocenters. The Labute approximate surface area is 82.3 Å². The van der Waals surface area contributed by atoms with Gasteiger partial charge in [0.25, 0.3) is 0 Å². The highest BCUT2D eigenvalue weighted by Crippen LogP contribution is 2.29. The van der Waals surface area contributed by atoms with Crippen LogP contribution in [0.25, 0.3) is 0 Å². The van der Waals surface area contributed by atoms with Crippen molar-refractivity contribution in [3.63, 3.8) is 0 Å². The molecule has 1 heteroatoms. The van der Waals surface area contributed by atoms with Crippen LogP contribution in [0.4, 0.5) is 0 Å². The van der Waals surface area contributed by atoms with E-state index < -0.39 is 0 Å². The lowest BCUT2D eigenvalue weighted by atomic mass is 9.84. The van der Waals surface area contributed by atoms with Gasteiger partial charge >= 0.3 is 0 Å². The minimum Gasteiger partial charge on any atom is -0.316 e. The maximum absolute atomic E-state index is 3.46. The summed E-state index contributed by atoms with van der Waals surface area (Å²) < 4.78 is 0. The van der Waals surface area contributed by atoms with Gasteiger partial charge in [-0.1, -0.05) is 38.5 Å². The summed E-state index contributed by atoms with van der Waals surface area (Å²) in [6.45, 7) is 2.57. The molecule has 0 aromatic rings. The van der Waals surface area contributed by atoms with Crippen molar-refractivity contribution in [2.75, 3.05) is 13.1 Å². The van der Waals surface area contributed by atoms with Gasteiger partial charge in [0.15, 0.2) is 0 Å². The highest BCUT2D eigenvalue weighted by atomic mass is 14.9. The molecule has 13 heavy (non-hydrogen) atoms. The molecule has 1 atom stereocenters. The van der Waals surface area contributed by atoms with Gasteiger partial charge < -0.3 is 5.32 Å². The molecule has 0 spiro atoms. The first-order valence-electron chi connectivity index (χ1n) is 6.16. The summed E-state index contributed by atoms with van der Waals surface area (Å²) in [5, 5.41) is 3.46. The predicted molar refractivity (Wildman–Crippen MR) is 56.8 cm³/mol. The van der Waals surface area contributed by atoms with E-state index in [2.05, 4.69) is 5.32 Å². The third-order valence-electron chi connectivity index (χ3n) is 3.87. The first-order chi connectivity index (χ1) is 6.45. The second-order valence-corrected chi connectivity index (χ2v) is 4.94. The van der Waals surface area contributed by atoms with E-state index in [1.54, 1.807) is 0 Å². The summed E-state index contributed by atoms with van der Waals surface area (Å²) in [7, 11) is 0. The third-order valence-corrected chi connectivity index (χ3v) is 3.87. The molecule has 0 bridgehead atoms. The Morgan fingerprint density at radius 2 is 1.62 bits per heavy atom. The number of hydrogen-bond acceptors (Lipinski definition) is 1. The molecule has 0 aromatic carbocycles. The van der Waals surface area contributed by atoms with Crippen LogP contribution in [-0.4, -0.2) is 13.1 Å². The van der Waals surface area contributed by atoms with Crippen molar-refractivity contribution in [3.8, 4) is 0 Å². The molecule has 1 saturated heterocycles. The summed E-state index contributed by atoms with van der Waals surface area (Å²) in [4.78, 5) is 0. The van der Waals surface area contributed by atoms with Gasteiger partial charge in [-0.3, -0.25) is 0 Å². The number of rotatable bonds is 3. The van der Waals surface area contributed by atoms with Gasteiger partial charge in [-0.25, -0.2) is 0 Å². The van der Waals surface area contributed by atoms with E-state index in [-0.39, 0.29) is 0 Å². The third kappa shape index (κ3) is 2.98. The lowest BCUT2D eigenvalue weighted by Crippen LogP contribution is -2.12. The minimum absolute atomic E-state index is 1.02. The molecular weight excluding hydrogens is 158 g/mol. The van der Waals surface area contributed by atoms with Gasteiger partial charge in [0.05, 0.1) is 0 Å². The minimum atomic E-state index is 1.02. The molecule has 0 aromatic heterocycles. The maximum atomic E-state index is 3.46. The quantitative estimate of drug-likeness (QED) is 0.706. The van der Waals surface area contributed by atoms with E-state index in [0.29, 0.717) is 0 Å². The SMILES string of the molecule is C1CCC(CC[C@H]2CCNC2)CC1. The van der Waals surface area contributed by atoms with Crippen LogP contribution in [0.15, 0.2) is 0 Å². The largest absolute Gasteiger partial charge is 0.316 e. The van der Waals surface area contributed by atoms with Gasteiger partial charge in [0.1, 0.15) is 0 Å². The second kappa shape index (κ2) is 4.99. The monoisotopic (exact) mass is 181 g/mol. The van der Waals surface area contributed by atoms with Crippen LogP contribution < -0.4 is 5.32 Å². The number of hydrogen-bond donors (Lipinski definition) is 1. The molecular formula is C12H23N. The van der Waals surface area contributed by atoms with E-state index in [1.165, 1.54) is 64.5 Å². The summed E-state index contributed by atoms with van der Waals surface area (Å²) >= 11 is 0. The van der Waals surface area contributed by atoms with Crippen LogP contribution in [0.1, 0.15) is 51.4 Å². The Bertz CT molecular complexity index is 132. The van der Waals surface area contributed by atoms with Gasteiger partial charge in [0, 0.05) is 0 Å². The van der Waals surface area contributed by atoms with Crippen molar-refractivity contribution < 1.29 is 0 Å². The maximum Gasteiger partial charge on any atom is -0.00200 e. The van der Waals surface area contributed by atoms with E-state index in [1.807, 2.05) is 0 Å². The van der Waals surface area contributed by atoms with Crippen molar-refractivity contribution >= 4 is 0 Å². The first kappa shape index (κ1) is 9.51. The molecule has 1 heterocycles. The zero-order chi connectivity index (χ0) is 8.93. The molecule has 2 aliphatic rings. The topological polar surface area (TPSA) is 12.0 Å². The predicted octanol–water partition coefficient (Wildman–Crippen LogP) is 2.96. The van der Waals surface area contributed by atoms with E-state index >= 15 is 0 Å². The second-order valence-electron chi connectivity index (χ2n) is 4.94. The zero-order valence-corrected chi connectivity index (χ0v) is 8.73. The van der Waals surface area contributed by atoms with Crippen LogP contribution >= 0.6 is 0 Å². The summed E-state index contributed by atoms with van der Waals surface area (Å²) in [5.74, 6) is 2.11. The average molecular weight is 181 g/mol. The Morgan fingerprint density at radius 1 is 0.846 bits per heavy atom. The molecule has 2 rings (SSSR count). The first-order valence-corrected chi connectivity index (χ1v) is 6.16. The van der Waals surface area contributed by atoms with Crippen molar-refractivity contribution in [1.82, 2.24) is 5.32 Å². The Balaban J connectivity index is 1.60. The van der Waals surface area contributed by atoms with Crippen LogP contribution in [0, 0.1) is 11.8 Å². The fraction of sp³-hybridized carbons (Fsp3) is 1.00. The van der Waals surface area contributed by atoms with Crippen molar-refractivity contribution in [2.45, 2.75) is 51.4 Å². The zero-order valence-electron chi connectivity index (χ0n) is 8.73. The fourth-order valence-electron chi connectivity index (χ4n) is 2.91. The standard InChI is InChI=1S/C12H23N/c1-2-4-11(5-3-1)6-7-12-8-9-13-10-12/h11-13H,1-10H2/t12-/m0/s1. The van der Waals surface area contributed by atoms with Crippen LogP contribution in [0.2, 0.25) is 0 Å². The summed E-state index contributed by atoms with van der Waals surface area (Å²) in [6.07, 6.45) is 12.0. The molecule has 1 aliphatic heterocycles. The highest BCUT2D eigenvalue weighted by molar-refractivity contribution is 4.73. The van der Waals surface area contributed by atoms with Crippen molar-refractivity contribution in [3.05, 3.63) is 0 Å². The normalized spacial score (nSPS) is 30.9. The molecule has 2 fully saturated rings. The van der Waals surface area contributed by atoms with Crippen LogP contribution in [0.3, 0.4) is 0 Å². The van der Waals surface area contributed by atoms with E-state index in [0.717, 1.165) is 11.8 Å². The van der Waals surface area contributed by atoms with E-state index in [4.69, 9.17) is 0 Å². The summed E-state index contributed by atoms with van der Waals surface area (Å²) in [6, 6.07) is 0. The van der Waals surface area contributed by atoms with E-state index in [9.17, 15) is 0 Å². The van der Waals surface area contributed by atoms with Crippen LogP contribution in [0.5, 0.6) is 0 Å². The molecule has 1 N–H and O–H groups in total. The molecule has 0 radical (unpaired) electrons. The number of nitrogens with one attached hydrogen (secondary N) is 1. The van der Waals surface area contributed by atoms with Gasteiger partial charge in [0.2, 0.25) is 0 Å². The Morgan fingerprint density at radius 3 is 2.31 bits per heavy atom. The highest BCUT2D eigenvalue weighted by Gasteiger charge is 2.18. The molecule has 0 amide bonds. The lowest BCUT2D eigenvalue weighted by molar-refractivity contribution is 0.312. The van der Waals surface area contributed by atoms with Gasteiger partial charge in [-0.2, -0.15) is 0 Å². The van der Waals surface area contributed by atoms with Crippen molar-refractivity contribution in [1.29, 1.82) is 0 Å². The molecule has 1 saturated carbocycles. The smallest absolute Gasteiger partial charge is 0.00200 e. The molecule has 1 aliphatic carbocycles. The molecule has 76 valence electrons. The van der Waals surface area contributed by atoms with Gasteiger partial charge in [-0.15, -0.1) is 0 Å². The van der Waals surface area contributed by atoms with Crippen molar-refractivity contribution in [2.24, 2.45) is 11.8 Å². The van der Waals surface area contributed by atoms with Crippen LogP contribution in [-0.2, 0) is 0 Å². The Kier molecular flexibility index (Phi) is 3.65. The summed E-state index contributed by atoms with van der Waals surface area (Å²) in [5.41, 5.74) is 0. The average Bonchev–Trinajstić information content (AvgIpc) is 2.69. The fourth-order valence-corrected chi connectivity index (χ4v) is 2.91. The Hall–Kier alpha value is -0.0400.